The molecule has 0 aromatic heterocycles. The Hall–Kier alpha value is -1.63. The van der Waals surface area contributed by atoms with E-state index in [9.17, 15) is 4.39 Å². The van der Waals surface area contributed by atoms with Gasteiger partial charge in [-0.05, 0) is 35.2 Å². The number of benzene rings is 2. The standard InChI is InChI=1S/C14H13F/c1-2-11-6-3-4-9-14(11)12-7-5-8-13(15)10-12/h3-10H,2H2,1H3. The molecule has 1 heteroatoms. The summed E-state index contributed by atoms with van der Waals surface area (Å²) >= 11 is 0. The highest BCUT2D eigenvalue weighted by atomic mass is 19.1. The van der Waals surface area contributed by atoms with E-state index in [1.54, 1.807) is 12.1 Å². The molecule has 0 nitrogen and oxygen atoms in total. The molecule has 2 aromatic rings. The lowest BCUT2D eigenvalue weighted by atomic mass is 9.98. The summed E-state index contributed by atoms with van der Waals surface area (Å²) in [6.07, 6.45) is 0.965. The van der Waals surface area contributed by atoms with Gasteiger partial charge in [-0.2, -0.15) is 0 Å². The highest BCUT2D eigenvalue weighted by molar-refractivity contribution is 5.67. The molecule has 0 bridgehead atoms. The molecule has 0 spiro atoms. The van der Waals surface area contributed by atoms with Crippen molar-refractivity contribution in [1.29, 1.82) is 0 Å². The molecule has 0 fully saturated rings. The Morgan fingerprint density at radius 2 is 1.80 bits per heavy atom. The SMILES string of the molecule is CCc1ccccc1-c1cccc(F)c1. The van der Waals surface area contributed by atoms with Crippen molar-refractivity contribution < 1.29 is 4.39 Å². The van der Waals surface area contributed by atoms with Crippen molar-refractivity contribution in [3.63, 3.8) is 0 Å². The topological polar surface area (TPSA) is 0 Å². The molecule has 0 saturated heterocycles. The third kappa shape index (κ3) is 2.07. The number of hydrogen-bond donors (Lipinski definition) is 0. The van der Waals surface area contributed by atoms with E-state index in [4.69, 9.17) is 0 Å². The average Bonchev–Trinajstić information content (AvgIpc) is 2.29. The molecule has 0 aliphatic carbocycles. The third-order valence-electron chi connectivity index (χ3n) is 2.53. The second-order valence-electron chi connectivity index (χ2n) is 3.52. The number of rotatable bonds is 2. The third-order valence-corrected chi connectivity index (χ3v) is 2.53. The van der Waals surface area contributed by atoms with E-state index in [1.165, 1.54) is 11.6 Å². The summed E-state index contributed by atoms with van der Waals surface area (Å²) in [7, 11) is 0. The van der Waals surface area contributed by atoms with Crippen LogP contribution >= 0.6 is 0 Å². The predicted octanol–water partition coefficient (Wildman–Crippen LogP) is 4.06. The molecule has 15 heavy (non-hydrogen) atoms. The van der Waals surface area contributed by atoms with Crippen LogP contribution in [-0.2, 0) is 6.42 Å². The van der Waals surface area contributed by atoms with Gasteiger partial charge in [-0.15, -0.1) is 0 Å². The Bertz CT molecular complexity index is 460. The lowest BCUT2D eigenvalue weighted by Gasteiger charge is -2.07. The molecular formula is C14H13F. The van der Waals surface area contributed by atoms with Gasteiger partial charge in [0.15, 0.2) is 0 Å². The van der Waals surface area contributed by atoms with Gasteiger partial charge in [0.2, 0.25) is 0 Å². The smallest absolute Gasteiger partial charge is 0.123 e. The second-order valence-corrected chi connectivity index (χ2v) is 3.52. The van der Waals surface area contributed by atoms with Crippen LogP contribution in [0.2, 0.25) is 0 Å². The fourth-order valence-corrected chi connectivity index (χ4v) is 1.77. The maximum Gasteiger partial charge on any atom is 0.123 e. The Morgan fingerprint density at radius 1 is 1.00 bits per heavy atom. The van der Waals surface area contributed by atoms with E-state index in [-0.39, 0.29) is 5.82 Å². The number of aryl methyl sites for hydroxylation is 1. The Balaban J connectivity index is 2.53. The molecule has 0 amide bonds. The quantitative estimate of drug-likeness (QED) is 0.686. The van der Waals surface area contributed by atoms with Crippen molar-refractivity contribution in [2.45, 2.75) is 13.3 Å². The van der Waals surface area contributed by atoms with Crippen molar-refractivity contribution in [2.75, 3.05) is 0 Å². The van der Waals surface area contributed by atoms with Crippen LogP contribution in [-0.4, -0.2) is 0 Å². The Morgan fingerprint density at radius 3 is 2.53 bits per heavy atom. The van der Waals surface area contributed by atoms with Crippen LogP contribution in [0, 0.1) is 5.82 Å². The van der Waals surface area contributed by atoms with Gasteiger partial charge in [0, 0.05) is 0 Å². The first-order valence-electron chi connectivity index (χ1n) is 5.15. The lowest BCUT2D eigenvalue weighted by Crippen LogP contribution is -1.87. The van der Waals surface area contributed by atoms with Crippen molar-refractivity contribution in [2.24, 2.45) is 0 Å². The fourth-order valence-electron chi connectivity index (χ4n) is 1.77. The molecule has 0 aliphatic rings. The minimum Gasteiger partial charge on any atom is -0.207 e. The molecule has 0 aliphatic heterocycles. The maximum atomic E-state index is 13.1. The first-order chi connectivity index (χ1) is 7.31. The minimum atomic E-state index is -0.182. The molecule has 0 atom stereocenters. The van der Waals surface area contributed by atoms with Gasteiger partial charge in [0.1, 0.15) is 5.82 Å². The van der Waals surface area contributed by atoms with Crippen LogP contribution in [0.25, 0.3) is 11.1 Å². The van der Waals surface area contributed by atoms with Gasteiger partial charge >= 0.3 is 0 Å². The zero-order valence-corrected chi connectivity index (χ0v) is 8.70. The monoisotopic (exact) mass is 200 g/mol. The average molecular weight is 200 g/mol. The molecule has 0 N–H and O–H groups in total. The summed E-state index contributed by atoms with van der Waals surface area (Å²) in [6.45, 7) is 2.11. The van der Waals surface area contributed by atoms with Crippen molar-refractivity contribution in [1.82, 2.24) is 0 Å². The predicted molar refractivity (Wildman–Crippen MR) is 61.2 cm³/mol. The van der Waals surface area contributed by atoms with E-state index in [0.717, 1.165) is 17.5 Å². The summed E-state index contributed by atoms with van der Waals surface area (Å²) in [5.41, 5.74) is 3.33. The number of halogens is 1. The highest BCUT2D eigenvalue weighted by Gasteiger charge is 2.03. The van der Waals surface area contributed by atoms with Gasteiger partial charge in [-0.25, -0.2) is 4.39 Å². The van der Waals surface area contributed by atoms with Crippen molar-refractivity contribution >= 4 is 0 Å². The molecule has 2 rings (SSSR count). The molecule has 0 heterocycles. The van der Waals surface area contributed by atoms with Crippen LogP contribution in [0.1, 0.15) is 12.5 Å². The largest absolute Gasteiger partial charge is 0.207 e. The normalized spacial score (nSPS) is 10.3. The lowest BCUT2D eigenvalue weighted by molar-refractivity contribution is 0.628. The van der Waals surface area contributed by atoms with Gasteiger partial charge in [0.25, 0.3) is 0 Å². The Labute approximate surface area is 89.4 Å². The molecule has 2 aromatic carbocycles. The van der Waals surface area contributed by atoms with Gasteiger partial charge < -0.3 is 0 Å². The van der Waals surface area contributed by atoms with Gasteiger partial charge in [-0.1, -0.05) is 43.3 Å². The minimum absolute atomic E-state index is 0.182. The van der Waals surface area contributed by atoms with Crippen LogP contribution in [0.5, 0.6) is 0 Å². The first-order valence-corrected chi connectivity index (χ1v) is 5.15. The summed E-state index contributed by atoms with van der Waals surface area (Å²) in [5, 5.41) is 0. The first kappa shape index (κ1) is 9.91. The summed E-state index contributed by atoms with van der Waals surface area (Å²) in [4.78, 5) is 0. The zero-order valence-electron chi connectivity index (χ0n) is 8.70. The van der Waals surface area contributed by atoms with Gasteiger partial charge in [-0.3, -0.25) is 0 Å². The van der Waals surface area contributed by atoms with E-state index < -0.39 is 0 Å². The fraction of sp³-hybridized carbons (Fsp3) is 0.143. The summed E-state index contributed by atoms with van der Waals surface area (Å²) < 4.78 is 13.1. The molecule has 76 valence electrons. The van der Waals surface area contributed by atoms with Crippen LogP contribution < -0.4 is 0 Å². The summed E-state index contributed by atoms with van der Waals surface area (Å²) in [6, 6.07) is 14.9. The molecule has 0 radical (unpaired) electrons. The van der Waals surface area contributed by atoms with E-state index >= 15 is 0 Å². The van der Waals surface area contributed by atoms with Crippen LogP contribution in [0.4, 0.5) is 4.39 Å². The van der Waals surface area contributed by atoms with Crippen molar-refractivity contribution in [3.8, 4) is 11.1 Å². The summed E-state index contributed by atoms with van der Waals surface area (Å²) in [5.74, 6) is -0.182. The van der Waals surface area contributed by atoms with E-state index in [2.05, 4.69) is 13.0 Å². The zero-order chi connectivity index (χ0) is 10.7. The van der Waals surface area contributed by atoms with E-state index in [1.807, 2.05) is 24.3 Å². The van der Waals surface area contributed by atoms with Gasteiger partial charge in [0.05, 0.1) is 0 Å². The van der Waals surface area contributed by atoms with Crippen LogP contribution in [0.3, 0.4) is 0 Å². The second kappa shape index (κ2) is 4.26. The number of hydrogen-bond acceptors (Lipinski definition) is 0. The van der Waals surface area contributed by atoms with E-state index in [0.29, 0.717) is 0 Å². The Kier molecular flexibility index (Phi) is 2.82. The molecule has 0 saturated carbocycles. The molecular weight excluding hydrogens is 187 g/mol. The molecule has 0 unspecified atom stereocenters. The maximum absolute atomic E-state index is 13.1. The van der Waals surface area contributed by atoms with Crippen molar-refractivity contribution in [3.05, 3.63) is 59.9 Å². The highest BCUT2D eigenvalue weighted by Crippen LogP contribution is 2.24. The van der Waals surface area contributed by atoms with Crippen LogP contribution in [0.15, 0.2) is 48.5 Å².